The number of methoxy groups -OCH3 is 5. The smallest absolute Gasteiger partial charge is 0.345 e. The van der Waals surface area contributed by atoms with Gasteiger partial charge in [-0.3, -0.25) is 39.9 Å². The number of esters is 5. The molecule has 3 N–H and O–H groups in total. The van der Waals surface area contributed by atoms with E-state index in [0.29, 0.717) is 30.6 Å². The number of benzene rings is 4. The van der Waals surface area contributed by atoms with Crippen molar-refractivity contribution in [3.8, 4) is 0 Å². The average Bonchev–Trinajstić information content (AvgIpc) is 4.24. The molecule has 0 spiro atoms. The van der Waals surface area contributed by atoms with Crippen molar-refractivity contribution in [1.82, 2.24) is 5.32 Å². The van der Waals surface area contributed by atoms with Gasteiger partial charge in [-0.1, -0.05) is 24.3 Å². The molecule has 8 rings (SSSR count). The zero-order chi connectivity index (χ0) is 56.4. The first kappa shape index (κ1) is 59.4. The summed E-state index contributed by atoms with van der Waals surface area (Å²) in [5.74, 6) is -6.49. The lowest BCUT2D eigenvalue weighted by Gasteiger charge is -2.33. The van der Waals surface area contributed by atoms with Crippen molar-refractivity contribution in [1.29, 1.82) is 0 Å². The number of nitrogens with one attached hydrogen (secondary N) is 2. The molecule has 3 atom stereocenters. The summed E-state index contributed by atoms with van der Waals surface area (Å²) >= 11 is 0. The molecule has 0 radical (unpaired) electrons. The van der Waals surface area contributed by atoms with Crippen LogP contribution in [-0.2, 0) is 38.1 Å². The van der Waals surface area contributed by atoms with Crippen molar-refractivity contribution in [2.24, 2.45) is 0 Å². The molecule has 0 saturated carbocycles. The summed E-state index contributed by atoms with van der Waals surface area (Å²) < 4.78 is 48.6. The molecule has 4 aliphatic rings. The van der Waals surface area contributed by atoms with Crippen LogP contribution >= 0.6 is 0 Å². The van der Waals surface area contributed by atoms with Gasteiger partial charge < -0.3 is 49.2 Å². The molecule has 3 unspecified atom stereocenters. The normalized spacial score (nSPS) is 16.5. The number of amides is 1. The van der Waals surface area contributed by atoms with Gasteiger partial charge in [0.05, 0.1) is 67.3 Å². The standard InChI is InChI=1S/C14H16N2O6.C13H14N2O3.C8H6FNO4.C7H4FNO4.C6H11NO2/c1-21-13(17)9-5-3-6-10(12(9)16(19)20)15-8-4-7-11(15)14(18)22-2;1-18-13(17)8-4-2-5-9-11(8)14-12(16)10-6-3-7-15(9)10;1-14-8(11)5-3-2-4-6(9)7(5)10(12)13;8-5-3-1-2-4(7(10)11)6(5)9(12)13;1-9-6(8)5-3-2-4-7-5/h3,5-6,11H,4,7-8H2,1-2H3;2,4-5,10H,3,6-7H2,1H3,(H,14,16);2-4H,1H3;1-3H,(H,10,11);5,7H,2-4H2,1H3. The number of halogens is 2. The molecule has 28 heteroatoms. The Balaban J connectivity index is 0.000000211. The van der Waals surface area contributed by atoms with Crippen LogP contribution in [0.4, 0.5) is 42.9 Å². The maximum absolute atomic E-state index is 12.9. The van der Waals surface area contributed by atoms with Crippen LogP contribution in [0.2, 0.25) is 0 Å². The van der Waals surface area contributed by atoms with Gasteiger partial charge in [-0.2, -0.15) is 8.78 Å². The minimum atomic E-state index is -1.52. The third kappa shape index (κ3) is 14.3. The number of carbonyl (C=O) groups excluding carboxylic acids is 6. The first-order valence-corrected chi connectivity index (χ1v) is 22.7. The molecule has 0 aromatic heterocycles. The fraction of sp³-hybridized carbons (Fsp3) is 0.354. The lowest BCUT2D eigenvalue weighted by Crippen LogP contribution is -2.44. The van der Waals surface area contributed by atoms with Crippen LogP contribution in [-0.4, -0.2) is 135 Å². The van der Waals surface area contributed by atoms with E-state index in [2.05, 4.69) is 29.7 Å². The van der Waals surface area contributed by atoms with E-state index in [9.17, 15) is 72.7 Å². The second kappa shape index (κ2) is 27.7. The fourth-order valence-corrected chi connectivity index (χ4v) is 8.27. The highest BCUT2D eigenvalue weighted by atomic mass is 19.1. The van der Waals surface area contributed by atoms with E-state index >= 15 is 0 Å². The molecule has 4 aliphatic heterocycles. The number of para-hydroxylation sites is 4. The summed E-state index contributed by atoms with van der Waals surface area (Å²) in [6.07, 6.45) is 5.13. The van der Waals surface area contributed by atoms with Crippen molar-refractivity contribution in [2.75, 3.05) is 70.3 Å². The Morgan fingerprint density at radius 2 is 1.04 bits per heavy atom. The highest BCUT2D eigenvalue weighted by molar-refractivity contribution is 6.10. The first-order valence-electron chi connectivity index (χ1n) is 22.7. The van der Waals surface area contributed by atoms with Gasteiger partial charge >= 0.3 is 52.9 Å². The van der Waals surface area contributed by atoms with Crippen LogP contribution < -0.4 is 20.4 Å². The molecule has 0 aliphatic carbocycles. The van der Waals surface area contributed by atoms with E-state index in [1.54, 1.807) is 11.0 Å². The number of fused-ring (bicyclic) bond motifs is 3. The van der Waals surface area contributed by atoms with Crippen LogP contribution in [0.3, 0.4) is 0 Å². The Kier molecular flexibility index (Phi) is 21.7. The summed E-state index contributed by atoms with van der Waals surface area (Å²) in [4.78, 5) is 113. The summed E-state index contributed by atoms with van der Waals surface area (Å²) in [5, 5.41) is 46.4. The predicted octanol–water partition coefficient (Wildman–Crippen LogP) is 5.78. The molecule has 4 heterocycles. The summed E-state index contributed by atoms with van der Waals surface area (Å²) in [6, 6.07) is 15.2. The first-order chi connectivity index (χ1) is 36.2. The van der Waals surface area contributed by atoms with E-state index in [0.717, 1.165) is 89.0 Å². The molecule has 3 saturated heterocycles. The topological polar surface area (TPSA) is 346 Å². The maximum atomic E-state index is 12.9. The monoisotopic (exact) mass is 1070 g/mol. The Morgan fingerprint density at radius 1 is 0.579 bits per heavy atom. The summed E-state index contributed by atoms with van der Waals surface area (Å²) in [6.45, 7) is 2.28. The van der Waals surface area contributed by atoms with Crippen LogP contribution in [0.15, 0.2) is 72.8 Å². The Morgan fingerprint density at radius 3 is 1.53 bits per heavy atom. The molecule has 0 bridgehead atoms. The number of nitrogens with zero attached hydrogens (tertiary/aromatic N) is 5. The average molecular weight is 1070 g/mol. The van der Waals surface area contributed by atoms with Gasteiger partial charge in [0.1, 0.15) is 40.5 Å². The minimum Gasteiger partial charge on any atom is -0.477 e. The number of nitro benzene ring substituents is 3. The summed E-state index contributed by atoms with van der Waals surface area (Å²) in [5.41, 5.74) is -1.27. The number of hydrogen-bond acceptors (Lipinski definition) is 21. The number of carbonyl (C=O) groups is 7. The van der Waals surface area contributed by atoms with Crippen molar-refractivity contribution < 1.29 is 85.9 Å². The van der Waals surface area contributed by atoms with Crippen LogP contribution in [0.25, 0.3) is 0 Å². The van der Waals surface area contributed by atoms with Gasteiger partial charge in [0.15, 0.2) is 0 Å². The largest absolute Gasteiger partial charge is 0.477 e. The molecule has 4 aromatic carbocycles. The Labute approximate surface area is 430 Å². The van der Waals surface area contributed by atoms with Gasteiger partial charge in [-0.25, -0.2) is 24.0 Å². The van der Waals surface area contributed by atoms with Gasteiger partial charge in [0.2, 0.25) is 17.5 Å². The molecular weight excluding hydrogens is 1020 g/mol. The van der Waals surface area contributed by atoms with E-state index < -0.39 is 84.8 Å². The van der Waals surface area contributed by atoms with Gasteiger partial charge in [-0.15, -0.1) is 0 Å². The number of hydrogen-bond donors (Lipinski definition) is 3. The molecule has 406 valence electrons. The number of rotatable bonds is 10. The molecular formula is C48H51F2N7O19. The van der Waals surface area contributed by atoms with Crippen LogP contribution in [0.1, 0.15) is 80.0 Å². The van der Waals surface area contributed by atoms with Crippen molar-refractivity contribution in [3.05, 3.63) is 137 Å². The Bertz CT molecular complexity index is 2860. The second-order valence-corrected chi connectivity index (χ2v) is 16.1. The highest BCUT2D eigenvalue weighted by Crippen LogP contribution is 2.39. The number of anilines is 3. The molecule has 1 amide bonds. The maximum Gasteiger partial charge on any atom is 0.345 e. The predicted molar refractivity (Wildman–Crippen MR) is 261 cm³/mol. The number of ether oxygens (including phenoxy) is 5. The lowest BCUT2D eigenvalue weighted by atomic mass is 10.1. The van der Waals surface area contributed by atoms with Gasteiger partial charge in [0, 0.05) is 13.1 Å². The number of carboxylic acid groups (broad SMARTS) is 1. The number of carboxylic acids is 1. The third-order valence-electron chi connectivity index (χ3n) is 11.7. The second-order valence-electron chi connectivity index (χ2n) is 16.1. The summed E-state index contributed by atoms with van der Waals surface area (Å²) in [7, 11) is 6.26. The van der Waals surface area contributed by atoms with Crippen molar-refractivity contribution >= 4 is 75.8 Å². The van der Waals surface area contributed by atoms with E-state index in [1.165, 1.54) is 45.6 Å². The zero-order valence-electron chi connectivity index (χ0n) is 41.3. The molecule has 26 nitrogen and oxygen atoms in total. The molecule has 4 aromatic rings. The van der Waals surface area contributed by atoms with E-state index in [1.807, 2.05) is 12.1 Å². The Hall–Kier alpha value is -9.21. The highest BCUT2D eigenvalue weighted by Gasteiger charge is 2.39. The van der Waals surface area contributed by atoms with Crippen LogP contribution in [0.5, 0.6) is 0 Å². The molecule has 76 heavy (non-hydrogen) atoms. The van der Waals surface area contributed by atoms with Crippen molar-refractivity contribution in [2.45, 2.75) is 56.7 Å². The van der Waals surface area contributed by atoms with Gasteiger partial charge in [0.25, 0.3) is 0 Å². The fourth-order valence-electron chi connectivity index (χ4n) is 8.27. The van der Waals surface area contributed by atoms with E-state index in [4.69, 9.17) is 14.6 Å². The SMILES string of the molecule is COC(=O)C1CCCN1.COC(=O)c1cccc(F)c1[N+](=O)[O-].COC(=O)c1cccc(N2CCCC2C(=O)OC)c1[N+](=O)[O-].COC(=O)c1cccc2c1NC(=O)C1CCCN21.O=C(O)c1cccc(F)c1[N+](=O)[O-]. The third-order valence-corrected chi connectivity index (χ3v) is 11.7. The van der Waals surface area contributed by atoms with E-state index in [-0.39, 0.29) is 40.9 Å². The quantitative estimate of drug-likeness (QED) is 0.0733. The van der Waals surface area contributed by atoms with Gasteiger partial charge in [-0.05, 0) is 93.6 Å². The molecule has 3 fully saturated rings. The number of aromatic carboxylic acids is 1. The van der Waals surface area contributed by atoms with Crippen LogP contribution in [0, 0.1) is 42.0 Å². The lowest BCUT2D eigenvalue weighted by molar-refractivity contribution is -0.388. The number of nitro groups is 3. The minimum absolute atomic E-state index is 0.0312. The zero-order valence-corrected chi connectivity index (χ0v) is 41.3. The van der Waals surface area contributed by atoms with Crippen molar-refractivity contribution in [3.63, 3.8) is 0 Å².